The topological polar surface area (TPSA) is 85.0 Å². The first-order valence-electron chi connectivity index (χ1n) is 14.5. The zero-order valence-electron chi connectivity index (χ0n) is 22.7. The lowest BCUT2D eigenvalue weighted by Gasteiger charge is -2.42. The number of carbonyl (C=O) groups excluding carboxylic acids is 3. The van der Waals surface area contributed by atoms with E-state index in [4.69, 9.17) is 0 Å². The van der Waals surface area contributed by atoms with Crippen LogP contribution in [0.2, 0.25) is 0 Å². The summed E-state index contributed by atoms with van der Waals surface area (Å²) in [7, 11) is 0. The van der Waals surface area contributed by atoms with E-state index in [-0.39, 0.29) is 18.2 Å². The Morgan fingerprint density at radius 2 is 1.62 bits per heavy atom. The fourth-order valence-electron chi connectivity index (χ4n) is 6.88. The molecule has 0 aliphatic carbocycles. The second kappa shape index (κ2) is 10.4. The van der Waals surface area contributed by atoms with Crippen LogP contribution >= 0.6 is 0 Å². The third kappa shape index (κ3) is 4.70. The average molecular weight is 538 g/mol. The Hall–Kier alpha value is -3.59. The fraction of sp³-hybridized carbons (Fsp3) is 0.406. The Kier molecular flexibility index (Phi) is 6.62. The summed E-state index contributed by atoms with van der Waals surface area (Å²) in [5.41, 5.74) is 5.12. The summed E-state index contributed by atoms with van der Waals surface area (Å²) in [6.07, 6.45) is 1.35. The maximum atomic E-state index is 13.4. The van der Waals surface area contributed by atoms with Crippen molar-refractivity contribution in [3.8, 4) is 0 Å². The van der Waals surface area contributed by atoms with Crippen molar-refractivity contribution >= 4 is 34.2 Å². The van der Waals surface area contributed by atoms with Gasteiger partial charge >= 0.3 is 0 Å². The molecule has 4 heterocycles. The molecule has 0 aromatic heterocycles. The number of likely N-dealkylation sites (tertiary alicyclic amines) is 1. The first-order chi connectivity index (χ1) is 19.5. The van der Waals surface area contributed by atoms with Crippen LogP contribution in [0, 0.1) is 5.92 Å². The molecule has 7 rings (SSSR count). The number of piperidine rings is 1. The van der Waals surface area contributed by atoms with Crippen molar-refractivity contribution in [2.75, 3.05) is 50.7 Å². The Labute approximate surface area is 234 Å². The van der Waals surface area contributed by atoms with E-state index < -0.39 is 11.9 Å². The minimum atomic E-state index is -0.664. The van der Waals surface area contributed by atoms with E-state index in [0.717, 1.165) is 54.0 Å². The highest BCUT2D eigenvalue weighted by Crippen LogP contribution is 2.41. The van der Waals surface area contributed by atoms with Crippen molar-refractivity contribution < 1.29 is 14.4 Å². The Balaban J connectivity index is 1.03. The van der Waals surface area contributed by atoms with E-state index in [1.807, 2.05) is 18.2 Å². The SMILES string of the molecule is O=C1CCC(N2C(=O)c3cccc4c(Cc5ccc(CN6CC(CN7CCNCC7)C6)cc5)ccc2c34)C(=O)N1. The van der Waals surface area contributed by atoms with Crippen LogP contribution in [0.4, 0.5) is 5.69 Å². The summed E-state index contributed by atoms with van der Waals surface area (Å²) in [6, 6.07) is 18.1. The van der Waals surface area contributed by atoms with E-state index in [1.165, 1.54) is 43.9 Å². The molecule has 0 saturated carbocycles. The van der Waals surface area contributed by atoms with Gasteiger partial charge in [-0.1, -0.05) is 42.5 Å². The van der Waals surface area contributed by atoms with E-state index in [0.29, 0.717) is 12.0 Å². The smallest absolute Gasteiger partial charge is 0.259 e. The van der Waals surface area contributed by atoms with Gasteiger partial charge in [-0.05, 0) is 53.0 Å². The van der Waals surface area contributed by atoms with Crippen LogP contribution in [-0.2, 0) is 22.6 Å². The average Bonchev–Trinajstić information content (AvgIpc) is 3.23. The molecule has 0 bridgehead atoms. The third-order valence-electron chi connectivity index (χ3n) is 8.92. The predicted octanol–water partition coefficient (Wildman–Crippen LogP) is 2.53. The molecule has 3 amide bonds. The van der Waals surface area contributed by atoms with Gasteiger partial charge in [0.05, 0.1) is 5.69 Å². The number of piperazine rings is 1. The molecule has 8 nitrogen and oxygen atoms in total. The van der Waals surface area contributed by atoms with Crippen molar-refractivity contribution in [3.63, 3.8) is 0 Å². The van der Waals surface area contributed by atoms with Gasteiger partial charge in [-0.25, -0.2) is 0 Å². The Morgan fingerprint density at radius 1 is 0.850 bits per heavy atom. The molecule has 206 valence electrons. The number of hydrogen-bond acceptors (Lipinski definition) is 6. The van der Waals surface area contributed by atoms with E-state index >= 15 is 0 Å². The summed E-state index contributed by atoms with van der Waals surface area (Å²) >= 11 is 0. The fourth-order valence-corrected chi connectivity index (χ4v) is 6.88. The lowest BCUT2D eigenvalue weighted by Crippen LogP contribution is -2.53. The van der Waals surface area contributed by atoms with E-state index in [1.54, 1.807) is 4.90 Å². The number of anilines is 1. The van der Waals surface area contributed by atoms with Crippen LogP contribution in [0.1, 0.15) is 39.9 Å². The number of rotatable bonds is 7. The zero-order valence-corrected chi connectivity index (χ0v) is 22.7. The second-order valence-electron chi connectivity index (χ2n) is 11.7. The van der Waals surface area contributed by atoms with Crippen molar-refractivity contribution in [1.82, 2.24) is 20.4 Å². The number of nitrogens with one attached hydrogen (secondary N) is 2. The minimum Gasteiger partial charge on any atom is -0.314 e. The number of imide groups is 1. The van der Waals surface area contributed by atoms with Gasteiger partial charge in [-0.2, -0.15) is 0 Å². The number of benzene rings is 3. The molecule has 1 atom stereocenters. The monoisotopic (exact) mass is 537 g/mol. The molecule has 3 aromatic carbocycles. The molecule has 0 radical (unpaired) electrons. The van der Waals surface area contributed by atoms with Gasteiger partial charge in [0.25, 0.3) is 5.91 Å². The Bertz CT molecular complexity index is 1470. The largest absolute Gasteiger partial charge is 0.314 e. The number of hydrogen-bond donors (Lipinski definition) is 2. The number of amides is 3. The van der Waals surface area contributed by atoms with Crippen LogP contribution < -0.4 is 15.5 Å². The van der Waals surface area contributed by atoms with Crippen LogP contribution in [-0.4, -0.2) is 79.4 Å². The quantitative estimate of drug-likeness (QED) is 0.451. The predicted molar refractivity (Wildman–Crippen MR) is 154 cm³/mol. The van der Waals surface area contributed by atoms with Crippen molar-refractivity contribution in [2.24, 2.45) is 5.92 Å². The molecule has 3 saturated heterocycles. The van der Waals surface area contributed by atoms with Gasteiger partial charge in [0.15, 0.2) is 0 Å². The third-order valence-corrected chi connectivity index (χ3v) is 8.92. The number of carbonyl (C=O) groups is 3. The number of nitrogens with zero attached hydrogens (tertiary/aromatic N) is 3. The van der Waals surface area contributed by atoms with Crippen molar-refractivity contribution in [1.29, 1.82) is 0 Å². The highest BCUT2D eigenvalue weighted by atomic mass is 16.2. The molecule has 8 heteroatoms. The first kappa shape index (κ1) is 25.4. The highest BCUT2D eigenvalue weighted by Gasteiger charge is 2.40. The lowest BCUT2D eigenvalue weighted by molar-refractivity contribution is -0.134. The lowest BCUT2D eigenvalue weighted by atomic mass is 9.95. The molecular weight excluding hydrogens is 502 g/mol. The molecule has 4 aliphatic rings. The molecule has 4 aliphatic heterocycles. The van der Waals surface area contributed by atoms with Crippen LogP contribution in [0.5, 0.6) is 0 Å². The second-order valence-corrected chi connectivity index (χ2v) is 11.7. The van der Waals surface area contributed by atoms with Crippen LogP contribution in [0.15, 0.2) is 54.6 Å². The van der Waals surface area contributed by atoms with Crippen LogP contribution in [0.3, 0.4) is 0 Å². The van der Waals surface area contributed by atoms with Gasteiger partial charge in [0.2, 0.25) is 11.8 Å². The summed E-state index contributed by atoms with van der Waals surface area (Å²) in [4.78, 5) is 44.4. The van der Waals surface area contributed by atoms with Crippen LogP contribution in [0.25, 0.3) is 10.8 Å². The molecule has 3 aromatic rings. The molecule has 3 fully saturated rings. The maximum Gasteiger partial charge on any atom is 0.259 e. The van der Waals surface area contributed by atoms with Gasteiger partial charge in [0, 0.05) is 69.7 Å². The molecule has 40 heavy (non-hydrogen) atoms. The standard InChI is InChI=1S/C32H35N5O3/c38-29-11-10-28(31(39)34-29)37-27-9-8-24(25-2-1-3-26(30(25)27)32(37)40)16-21-4-6-22(7-5-21)17-36-19-23(20-36)18-35-14-12-33-13-15-35/h1-9,23,28,33H,10-20H2,(H,34,38,39). The molecule has 2 N–H and O–H groups in total. The van der Waals surface area contributed by atoms with Gasteiger partial charge < -0.3 is 10.2 Å². The maximum absolute atomic E-state index is 13.4. The van der Waals surface area contributed by atoms with Gasteiger partial charge in [-0.15, -0.1) is 0 Å². The van der Waals surface area contributed by atoms with Crippen molar-refractivity contribution in [3.05, 3.63) is 76.9 Å². The molecule has 0 spiro atoms. The summed E-state index contributed by atoms with van der Waals surface area (Å²) in [5, 5.41) is 7.77. The highest BCUT2D eigenvalue weighted by molar-refractivity contribution is 6.27. The van der Waals surface area contributed by atoms with E-state index in [2.05, 4.69) is 56.8 Å². The van der Waals surface area contributed by atoms with Crippen molar-refractivity contribution in [2.45, 2.75) is 31.8 Å². The summed E-state index contributed by atoms with van der Waals surface area (Å²) in [5.74, 6) is -0.0587. The zero-order chi connectivity index (χ0) is 27.2. The Morgan fingerprint density at radius 3 is 2.40 bits per heavy atom. The first-order valence-corrected chi connectivity index (χ1v) is 14.5. The van der Waals surface area contributed by atoms with E-state index in [9.17, 15) is 14.4 Å². The summed E-state index contributed by atoms with van der Waals surface area (Å²) in [6.45, 7) is 9.16. The molecule has 1 unspecified atom stereocenters. The van der Waals surface area contributed by atoms with Gasteiger partial charge in [0.1, 0.15) is 6.04 Å². The molecular formula is C32H35N5O3. The minimum absolute atomic E-state index is 0.169. The summed E-state index contributed by atoms with van der Waals surface area (Å²) < 4.78 is 0. The normalized spacial score (nSPS) is 22.1. The van der Waals surface area contributed by atoms with Gasteiger partial charge in [-0.3, -0.25) is 29.5 Å².